The Balaban J connectivity index is 2.33. The van der Waals surface area contributed by atoms with Crippen LogP contribution in [-0.4, -0.2) is 74.5 Å². The highest BCUT2D eigenvalue weighted by Gasteiger charge is 2.40. The Morgan fingerprint density at radius 1 is 0.511 bits per heavy atom. The van der Waals surface area contributed by atoms with E-state index >= 15 is 0 Å². The lowest BCUT2D eigenvalue weighted by atomic mass is 9.66. The van der Waals surface area contributed by atoms with Crippen LogP contribution in [0.4, 0.5) is 0 Å². The van der Waals surface area contributed by atoms with Crippen molar-refractivity contribution in [3.05, 3.63) is 117 Å². The Morgan fingerprint density at radius 3 is 0.957 bits per heavy atom. The number of amides is 1. The van der Waals surface area contributed by atoms with Gasteiger partial charge in [0, 0.05) is 6.42 Å². The second-order valence-corrected chi connectivity index (χ2v) is 17.5. The maximum Gasteiger partial charge on any atom is 0.224 e. The lowest BCUT2D eigenvalue weighted by molar-refractivity contribution is -0.842. The highest BCUT2D eigenvalue weighted by Crippen LogP contribution is 2.44. The molecule has 3 rings (SSSR count). The van der Waals surface area contributed by atoms with Gasteiger partial charge in [-0.05, 0) is 49.6 Å². The Bertz CT molecular complexity index is 1300. The maximum atomic E-state index is 14.7. The molecule has 0 atom stereocenters. The van der Waals surface area contributed by atoms with E-state index in [1.807, 2.05) is 0 Å². The maximum absolute atomic E-state index is 14.7. The SMILES string of the molecule is CC(C)(C)c1ccc(C(CC(=O)N(CC[N+](C)(C)[O-])CC[N+](C)(C)[O-])(c2ccc(C(C)(C)C)cc2)c2ccc(C(C)(C)C)cc2)cc1. The molecule has 0 saturated heterocycles. The van der Waals surface area contributed by atoms with E-state index in [1.165, 1.54) is 16.7 Å². The van der Waals surface area contributed by atoms with Crippen molar-refractivity contribution in [2.45, 2.75) is 90.4 Å². The number of rotatable bonds is 11. The van der Waals surface area contributed by atoms with Gasteiger partial charge in [-0.1, -0.05) is 135 Å². The van der Waals surface area contributed by atoms with Crippen LogP contribution in [0.25, 0.3) is 0 Å². The van der Waals surface area contributed by atoms with Gasteiger partial charge in [-0.15, -0.1) is 0 Å². The average Bonchev–Trinajstić information content (AvgIpc) is 2.93. The summed E-state index contributed by atoms with van der Waals surface area (Å²) in [5, 5.41) is 25.3. The zero-order valence-corrected chi connectivity index (χ0v) is 31.5. The van der Waals surface area contributed by atoms with Gasteiger partial charge in [0.2, 0.25) is 5.91 Å². The molecule has 0 aromatic heterocycles. The molecule has 6 nitrogen and oxygen atoms in total. The Morgan fingerprint density at radius 2 is 0.745 bits per heavy atom. The third-order valence-electron chi connectivity index (χ3n) is 9.32. The van der Waals surface area contributed by atoms with Crippen molar-refractivity contribution in [2.75, 3.05) is 54.4 Å². The van der Waals surface area contributed by atoms with E-state index in [-0.39, 0.29) is 54.8 Å². The molecule has 6 heteroatoms. The first-order chi connectivity index (χ1) is 21.3. The predicted octanol–water partition coefficient (Wildman–Crippen LogP) is 8.28. The number of hydroxylamine groups is 6. The van der Waals surface area contributed by atoms with Crippen LogP contribution in [0.5, 0.6) is 0 Å². The fourth-order valence-electron chi connectivity index (χ4n) is 5.99. The number of hydrogen-bond donors (Lipinski definition) is 0. The summed E-state index contributed by atoms with van der Waals surface area (Å²) in [5.41, 5.74) is 5.88. The summed E-state index contributed by atoms with van der Waals surface area (Å²) < 4.78 is -1.03. The quantitative estimate of drug-likeness (QED) is 0.120. The first-order valence-corrected chi connectivity index (χ1v) is 17.0. The van der Waals surface area contributed by atoms with Crippen LogP contribution in [0.1, 0.15) is 102 Å². The Kier molecular flexibility index (Phi) is 11.3. The van der Waals surface area contributed by atoms with E-state index in [1.54, 1.807) is 33.1 Å². The second-order valence-electron chi connectivity index (χ2n) is 17.5. The summed E-state index contributed by atoms with van der Waals surface area (Å²) in [5.74, 6) is -0.0772. The number of carbonyl (C=O) groups is 1. The number of hydrogen-bond acceptors (Lipinski definition) is 3. The summed E-state index contributed by atoms with van der Waals surface area (Å²) in [6, 6.07) is 26.2. The molecule has 0 aliphatic heterocycles. The van der Waals surface area contributed by atoms with E-state index < -0.39 is 14.7 Å². The van der Waals surface area contributed by atoms with Gasteiger partial charge in [-0.25, -0.2) is 0 Å². The van der Waals surface area contributed by atoms with Crippen LogP contribution >= 0.6 is 0 Å². The first-order valence-electron chi connectivity index (χ1n) is 17.0. The third-order valence-corrected chi connectivity index (χ3v) is 9.32. The Hall–Kier alpha value is -3.03. The minimum Gasteiger partial charge on any atom is -0.633 e. The van der Waals surface area contributed by atoms with Crippen LogP contribution < -0.4 is 0 Å². The van der Waals surface area contributed by atoms with Gasteiger partial charge >= 0.3 is 0 Å². The van der Waals surface area contributed by atoms with Crippen LogP contribution in [-0.2, 0) is 26.5 Å². The highest BCUT2D eigenvalue weighted by molar-refractivity contribution is 5.80. The van der Waals surface area contributed by atoms with Crippen LogP contribution in [0.3, 0.4) is 0 Å². The molecule has 0 aliphatic rings. The molecule has 0 spiro atoms. The van der Waals surface area contributed by atoms with Crippen LogP contribution in [0.15, 0.2) is 72.8 Å². The van der Waals surface area contributed by atoms with Crippen molar-refractivity contribution in [3.63, 3.8) is 0 Å². The van der Waals surface area contributed by atoms with E-state index in [2.05, 4.69) is 135 Å². The van der Waals surface area contributed by atoms with Crippen molar-refractivity contribution in [3.8, 4) is 0 Å². The zero-order valence-electron chi connectivity index (χ0n) is 31.5. The lowest BCUT2D eigenvalue weighted by Gasteiger charge is -2.41. The molecule has 0 unspecified atom stereocenters. The number of benzene rings is 3. The van der Waals surface area contributed by atoms with Gasteiger partial charge in [0.05, 0.1) is 59.8 Å². The monoisotopic (exact) mass is 643 g/mol. The van der Waals surface area contributed by atoms with E-state index in [0.717, 1.165) is 16.7 Å². The van der Waals surface area contributed by atoms with Crippen molar-refractivity contribution in [1.29, 1.82) is 0 Å². The molecule has 0 saturated carbocycles. The van der Waals surface area contributed by atoms with Crippen molar-refractivity contribution in [1.82, 2.24) is 4.90 Å². The zero-order chi connectivity index (χ0) is 35.6. The molecule has 0 heterocycles. The molecule has 0 fully saturated rings. The number of quaternary nitrogens is 2. The number of likely N-dealkylation sites (N-methyl/N-ethyl adjacent to an activating group) is 2. The fraction of sp³-hybridized carbons (Fsp3) is 0.537. The fourth-order valence-corrected chi connectivity index (χ4v) is 5.99. The van der Waals surface area contributed by atoms with Gasteiger partial charge < -0.3 is 24.6 Å². The number of nitrogens with zero attached hydrogens (tertiary/aromatic N) is 3. The smallest absolute Gasteiger partial charge is 0.224 e. The molecule has 0 aliphatic carbocycles. The minimum atomic E-state index is -0.817. The minimum absolute atomic E-state index is 0.0245. The van der Waals surface area contributed by atoms with E-state index in [0.29, 0.717) is 0 Å². The summed E-state index contributed by atoms with van der Waals surface area (Å²) >= 11 is 0. The highest BCUT2D eigenvalue weighted by atomic mass is 16.5. The summed E-state index contributed by atoms with van der Waals surface area (Å²) in [6.07, 6.45) is 0.157. The standard InChI is InChI=1S/C41H61N3O3/c1-38(2,3)31-14-20-34(21-15-31)41(35-22-16-32(17-23-35)39(4,5)6,36-24-18-33(19-25-36)40(7,8)9)30-37(45)42(26-28-43(10,11)46)27-29-44(12,13)47/h14-25H,26-30H2,1-13H3. The van der Waals surface area contributed by atoms with Crippen molar-refractivity contribution in [2.24, 2.45) is 0 Å². The van der Waals surface area contributed by atoms with Gasteiger partial charge in [0.1, 0.15) is 0 Å². The third kappa shape index (κ3) is 10.2. The molecule has 0 bridgehead atoms. The molecule has 0 radical (unpaired) electrons. The molecule has 3 aromatic carbocycles. The van der Waals surface area contributed by atoms with Gasteiger partial charge in [-0.3, -0.25) is 4.79 Å². The molecule has 258 valence electrons. The Labute approximate surface area is 285 Å². The average molecular weight is 644 g/mol. The van der Waals surface area contributed by atoms with Crippen LogP contribution in [0, 0.1) is 10.4 Å². The largest absolute Gasteiger partial charge is 0.633 e. The molecule has 1 amide bonds. The summed E-state index contributed by atoms with van der Waals surface area (Å²) in [7, 11) is 6.35. The topological polar surface area (TPSA) is 66.4 Å². The normalized spacial score (nSPS) is 13.5. The summed E-state index contributed by atoms with van der Waals surface area (Å²) in [4.78, 5) is 16.4. The molecule has 3 aromatic rings. The first kappa shape index (κ1) is 38.4. The second kappa shape index (κ2) is 13.8. The summed E-state index contributed by atoms with van der Waals surface area (Å²) in [6.45, 7) is 20.9. The van der Waals surface area contributed by atoms with Gasteiger partial charge in [-0.2, -0.15) is 0 Å². The van der Waals surface area contributed by atoms with Crippen LogP contribution in [0.2, 0.25) is 0 Å². The van der Waals surface area contributed by atoms with Gasteiger partial charge in [0.15, 0.2) is 0 Å². The number of carbonyl (C=O) groups excluding carboxylic acids is 1. The van der Waals surface area contributed by atoms with Crippen molar-refractivity contribution >= 4 is 5.91 Å². The van der Waals surface area contributed by atoms with E-state index in [4.69, 9.17) is 0 Å². The van der Waals surface area contributed by atoms with Crippen molar-refractivity contribution < 1.29 is 14.1 Å². The molecular formula is C41H61N3O3. The van der Waals surface area contributed by atoms with E-state index in [9.17, 15) is 15.2 Å². The van der Waals surface area contributed by atoms with Gasteiger partial charge in [0.25, 0.3) is 0 Å². The lowest BCUT2D eigenvalue weighted by Crippen LogP contribution is -2.48. The molecule has 47 heavy (non-hydrogen) atoms. The molecular weight excluding hydrogens is 582 g/mol. The molecule has 0 N–H and O–H groups in total. The predicted molar refractivity (Wildman–Crippen MR) is 197 cm³/mol.